The topological polar surface area (TPSA) is 81.8 Å². The summed E-state index contributed by atoms with van der Waals surface area (Å²) < 4.78 is 29.5. The Morgan fingerprint density at radius 1 is 1.11 bits per heavy atom. The van der Waals surface area contributed by atoms with Crippen LogP contribution in [0, 0.1) is 0 Å². The van der Waals surface area contributed by atoms with Gasteiger partial charge in [0.25, 0.3) is 10.0 Å². The number of aromatic nitrogens is 4. The molecular weight excluding hydrogens is 362 g/mol. The molecule has 0 unspecified atom stereocenters. The highest BCUT2D eigenvalue weighted by Gasteiger charge is 2.21. The van der Waals surface area contributed by atoms with Crippen molar-refractivity contribution in [1.29, 1.82) is 0 Å². The fraction of sp³-hybridized carbons (Fsp3) is 0.158. The standard InChI is InChI=1S/C19H19N5O2S/c1-20-9-16-13-24(27(25,26)17-4-3-7-21-11-17)19-8-14(5-6-18(16)19)15-10-22-23(2)12-15/h3-8,10-13,20H,9H2,1-2H3. The van der Waals surface area contributed by atoms with Crippen molar-refractivity contribution in [2.75, 3.05) is 7.05 Å². The predicted octanol–water partition coefficient (Wildman–Crippen LogP) is 2.39. The van der Waals surface area contributed by atoms with E-state index in [4.69, 9.17) is 0 Å². The highest BCUT2D eigenvalue weighted by Crippen LogP contribution is 2.30. The minimum absolute atomic E-state index is 0.157. The van der Waals surface area contributed by atoms with Crippen LogP contribution < -0.4 is 5.32 Å². The van der Waals surface area contributed by atoms with Crippen LogP contribution in [0.5, 0.6) is 0 Å². The lowest BCUT2D eigenvalue weighted by Gasteiger charge is -2.08. The molecule has 0 atom stereocenters. The molecule has 138 valence electrons. The molecule has 0 aliphatic carbocycles. The second kappa shape index (κ2) is 6.64. The zero-order chi connectivity index (χ0) is 19.0. The maximum Gasteiger partial charge on any atom is 0.269 e. The number of rotatable bonds is 5. The molecule has 4 rings (SSSR count). The molecule has 0 saturated carbocycles. The third-order valence-corrected chi connectivity index (χ3v) is 6.11. The first-order valence-electron chi connectivity index (χ1n) is 8.44. The van der Waals surface area contributed by atoms with Gasteiger partial charge < -0.3 is 5.32 Å². The van der Waals surface area contributed by atoms with Gasteiger partial charge in [0.05, 0.1) is 11.7 Å². The van der Waals surface area contributed by atoms with Gasteiger partial charge in [-0.3, -0.25) is 9.67 Å². The van der Waals surface area contributed by atoms with Crippen molar-refractivity contribution in [2.45, 2.75) is 11.4 Å². The lowest BCUT2D eigenvalue weighted by atomic mass is 10.1. The number of aryl methyl sites for hydroxylation is 1. The second-order valence-corrected chi connectivity index (χ2v) is 8.12. The van der Waals surface area contributed by atoms with E-state index in [1.807, 2.05) is 38.5 Å². The van der Waals surface area contributed by atoms with Crippen molar-refractivity contribution in [1.82, 2.24) is 24.1 Å². The Labute approximate surface area is 157 Å². The molecule has 7 nitrogen and oxygen atoms in total. The van der Waals surface area contributed by atoms with Crippen LogP contribution >= 0.6 is 0 Å². The first-order chi connectivity index (χ1) is 13.0. The van der Waals surface area contributed by atoms with Gasteiger partial charge >= 0.3 is 0 Å². The van der Waals surface area contributed by atoms with Crippen molar-refractivity contribution in [3.8, 4) is 11.1 Å². The highest BCUT2D eigenvalue weighted by atomic mass is 32.2. The van der Waals surface area contributed by atoms with E-state index in [-0.39, 0.29) is 4.90 Å². The van der Waals surface area contributed by atoms with Crippen LogP contribution in [0.4, 0.5) is 0 Å². The molecule has 3 aromatic heterocycles. The first-order valence-corrected chi connectivity index (χ1v) is 9.88. The van der Waals surface area contributed by atoms with E-state index in [9.17, 15) is 8.42 Å². The lowest BCUT2D eigenvalue weighted by Crippen LogP contribution is -2.12. The van der Waals surface area contributed by atoms with Crippen LogP contribution in [0.2, 0.25) is 0 Å². The zero-order valence-corrected chi connectivity index (χ0v) is 15.8. The van der Waals surface area contributed by atoms with Crippen LogP contribution in [0.1, 0.15) is 5.56 Å². The van der Waals surface area contributed by atoms with Gasteiger partial charge in [0, 0.05) is 49.3 Å². The summed E-state index contributed by atoms with van der Waals surface area (Å²) >= 11 is 0. The van der Waals surface area contributed by atoms with Gasteiger partial charge in [0.15, 0.2) is 0 Å². The van der Waals surface area contributed by atoms with Gasteiger partial charge in [0.1, 0.15) is 4.90 Å². The van der Waals surface area contributed by atoms with E-state index in [1.54, 1.807) is 35.4 Å². The average Bonchev–Trinajstić information content (AvgIpc) is 3.27. The fourth-order valence-electron chi connectivity index (χ4n) is 3.16. The van der Waals surface area contributed by atoms with Gasteiger partial charge in [0.2, 0.25) is 0 Å². The molecule has 0 radical (unpaired) electrons. The highest BCUT2D eigenvalue weighted by molar-refractivity contribution is 7.90. The minimum Gasteiger partial charge on any atom is -0.316 e. The van der Waals surface area contributed by atoms with Gasteiger partial charge in [-0.15, -0.1) is 0 Å². The lowest BCUT2D eigenvalue weighted by molar-refractivity contribution is 0.588. The van der Waals surface area contributed by atoms with Crippen LogP contribution in [-0.2, 0) is 23.6 Å². The Bertz CT molecular complexity index is 1210. The predicted molar refractivity (Wildman–Crippen MR) is 104 cm³/mol. The summed E-state index contributed by atoms with van der Waals surface area (Å²) in [6.45, 7) is 0.568. The van der Waals surface area contributed by atoms with Crippen LogP contribution in [0.3, 0.4) is 0 Å². The maximum absolute atomic E-state index is 13.2. The Hall–Kier alpha value is -2.97. The van der Waals surface area contributed by atoms with E-state index < -0.39 is 10.0 Å². The van der Waals surface area contributed by atoms with Gasteiger partial charge in [-0.25, -0.2) is 12.4 Å². The number of hydrogen-bond donors (Lipinski definition) is 1. The Morgan fingerprint density at radius 2 is 1.96 bits per heavy atom. The summed E-state index contributed by atoms with van der Waals surface area (Å²) in [6, 6.07) is 9.00. The molecule has 0 aliphatic heterocycles. The molecular formula is C19H19N5O2S. The van der Waals surface area contributed by atoms with E-state index in [1.165, 1.54) is 10.2 Å². The molecule has 0 aliphatic rings. The number of hydrogen-bond acceptors (Lipinski definition) is 5. The molecule has 0 amide bonds. The Morgan fingerprint density at radius 3 is 2.63 bits per heavy atom. The molecule has 0 fully saturated rings. The van der Waals surface area contributed by atoms with Gasteiger partial charge in [-0.05, 0) is 36.4 Å². The summed E-state index contributed by atoms with van der Waals surface area (Å²) in [7, 11) is -0.0653. The number of fused-ring (bicyclic) bond motifs is 1. The molecule has 4 aromatic rings. The summed E-state index contributed by atoms with van der Waals surface area (Å²) in [5, 5.41) is 8.19. The fourth-order valence-corrected chi connectivity index (χ4v) is 4.51. The molecule has 0 bridgehead atoms. The molecule has 8 heteroatoms. The molecule has 0 spiro atoms. The number of nitrogens with zero attached hydrogens (tertiary/aromatic N) is 4. The van der Waals surface area contributed by atoms with Crippen LogP contribution in [0.15, 0.2) is 66.2 Å². The first kappa shape index (κ1) is 17.4. The second-order valence-electron chi connectivity index (χ2n) is 6.31. The Balaban J connectivity index is 1.96. The molecule has 0 saturated heterocycles. The third-order valence-electron chi connectivity index (χ3n) is 4.45. The van der Waals surface area contributed by atoms with Gasteiger partial charge in [-0.2, -0.15) is 5.10 Å². The molecule has 27 heavy (non-hydrogen) atoms. The van der Waals surface area contributed by atoms with Crippen LogP contribution in [0.25, 0.3) is 22.0 Å². The summed E-state index contributed by atoms with van der Waals surface area (Å²) in [4.78, 5) is 4.11. The summed E-state index contributed by atoms with van der Waals surface area (Å²) in [6.07, 6.45) is 8.26. The number of benzene rings is 1. The number of pyridine rings is 1. The SMILES string of the molecule is CNCc1cn(S(=O)(=O)c2cccnc2)c2cc(-c3cnn(C)c3)ccc12. The van der Waals surface area contributed by atoms with Crippen LogP contribution in [-0.4, -0.2) is 34.2 Å². The molecule has 3 heterocycles. The van der Waals surface area contributed by atoms with Crippen molar-refractivity contribution in [2.24, 2.45) is 7.05 Å². The summed E-state index contributed by atoms with van der Waals surface area (Å²) in [5.74, 6) is 0. The number of nitrogens with one attached hydrogen (secondary N) is 1. The smallest absolute Gasteiger partial charge is 0.269 e. The molecule has 1 N–H and O–H groups in total. The van der Waals surface area contributed by atoms with Crippen molar-refractivity contribution < 1.29 is 8.42 Å². The minimum atomic E-state index is -3.75. The van der Waals surface area contributed by atoms with E-state index >= 15 is 0 Å². The monoisotopic (exact) mass is 381 g/mol. The third kappa shape index (κ3) is 3.02. The average molecular weight is 381 g/mol. The Kier molecular flexibility index (Phi) is 4.29. The normalized spacial score (nSPS) is 11.9. The van der Waals surface area contributed by atoms with E-state index in [0.29, 0.717) is 12.1 Å². The van der Waals surface area contributed by atoms with Crippen molar-refractivity contribution in [3.63, 3.8) is 0 Å². The maximum atomic E-state index is 13.2. The molecule has 1 aromatic carbocycles. The van der Waals surface area contributed by atoms with E-state index in [0.717, 1.165) is 22.1 Å². The van der Waals surface area contributed by atoms with E-state index in [2.05, 4.69) is 15.4 Å². The van der Waals surface area contributed by atoms with Gasteiger partial charge in [-0.1, -0.05) is 12.1 Å². The largest absolute Gasteiger partial charge is 0.316 e. The zero-order valence-electron chi connectivity index (χ0n) is 15.0. The summed E-state index contributed by atoms with van der Waals surface area (Å²) in [5.41, 5.74) is 3.39. The van der Waals surface area contributed by atoms with Crippen molar-refractivity contribution in [3.05, 3.63) is 66.9 Å². The quantitative estimate of drug-likeness (QED) is 0.574. The van der Waals surface area contributed by atoms with Crippen molar-refractivity contribution >= 4 is 20.9 Å².